The van der Waals surface area contributed by atoms with Crippen molar-refractivity contribution in [3.8, 4) is 11.3 Å². The average Bonchev–Trinajstić information content (AvgIpc) is 2.69. The first-order valence-corrected chi connectivity index (χ1v) is 10.9. The topological polar surface area (TPSA) is 62.1 Å². The van der Waals surface area contributed by atoms with E-state index in [1.807, 2.05) is 39.8 Å². The van der Waals surface area contributed by atoms with E-state index in [0.29, 0.717) is 11.8 Å². The van der Waals surface area contributed by atoms with Gasteiger partial charge in [0, 0.05) is 37.7 Å². The number of nitrogens with zero attached hydrogens (tertiary/aromatic N) is 4. The molecule has 2 aromatic rings. The summed E-state index contributed by atoms with van der Waals surface area (Å²) in [4.78, 5) is 16.8. The molecule has 0 saturated carbocycles. The van der Waals surface area contributed by atoms with Gasteiger partial charge in [-0.15, -0.1) is 0 Å². The van der Waals surface area contributed by atoms with Crippen LogP contribution in [0.5, 0.6) is 0 Å². The normalized spacial score (nSPS) is 11.8. The molecule has 0 aromatic carbocycles. The van der Waals surface area contributed by atoms with Gasteiger partial charge in [-0.05, 0) is 50.2 Å². The van der Waals surface area contributed by atoms with Crippen LogP contribution < -0.4 is 4.90 Å². The van der Waals surface area contributed by atoms with E-state index in [4.69, 9.17) is 15.0 Å². The molecule has 5 nitrogen and oxygen atoms in total. The van der Waals surface area contributed by atoms with Gasteiger partial charge >= 0.3 is 0 Å². The van der Waals surface area contributed by atoms with Crippen LogP contribution in [0.2, 0.25) is 0 Å². The number of aryl methyl sites for hydroxylation is 2. The van der Waals surface area contributed by atoms with Crippen LogP contribution >= 0.6 is 0 Å². The maximum Gasteiger partial charge on any atom is 0.150 e. The van der Waals surface area contributed by atoms with Crippen LogP contribution in [-0.2, 0) is 12.8 Å². The first-order chi connectivity index (χ1) is 13.8. The van der Waals surface area contributed by atoms with Gasteiger partial charge < -0.3 is 10.0 Å². The Bertz CT molecular complexity index is 772. The second-order valence-corrected chi connectivity index (χ2v) is 7.88. The Kier molecular flexibility index (Phi) is 10.2. The van der Waals surface area contributed by atoms with Gasteiger partial charge in [-0.3, -0.25) is 9.97 Å². The van der Waals surface area contributed by atoms with Crippen LogP contribution in [0, 0.1) is 12.8 Å². The highest BCUT2D eigenvalue weighted by Gasteiger charge is 2.19. The second-order valence-electron chi connectivity index (χ2n) is 7.88. The molecule has 0 aliphatic rings. The highest BCUT2D eigenvalue weighted by molar-refractivity contribution is 5.67. The molecule has 0 fully saturated rings. The number of anilines is 1. The Morgan fingerprint density at radius 2 is 1.66 bits per heavy atom. The smallest absolute Gasteiger partial charge is 0.150 e. The molecule has 2 heterocycles. The van der Waals surface area contributed by atoms with Crippen molar-refractivity contribution >= 4 is 5.82 Å². The van der Waals surface area contributed by atoms with Gasteiger partial charge in [0.25, 0.3) is 0 Å². The van der Waals surface area contributed by atoms with E-state index in [9.17, 15) is 5.11 Å². The monoisotopic (exact) mass is 400 g/mol. The molecule has 0 aliphatic heterocycles. The fourth-order valence-electron chi connectivity index (χ4n) is 3.28. The van der Waals surface area contributed by atoms with Gasteiger partial charge in [-0.1, -0.05) is 41.5 Å². The van der Waals surface area contributed by atoms with Crippen LogP contribution in [0.15, 0.2) is 12.1 Å². The van der Waals surface area contributed by atoms with Crippen molar-refractivity contribution < 1.29 is 5.11 Å². The molecule has 0 radical (unpaired) electrons. The molecular weight excluding hydrogens is 360 g/mol. The maximum atomic E-state index is 9.21. The quantitative estimate of drug-likeness (QED) is 0.661. The summed E-state index contributed by atoms with van der Waals surface area (Å²) in [5, 5.41) is 9.21. The van der Waals surface area contributed by atoms with Crippen molar-refractivity contribution in [3.63, 3.8) is 0 Å². The lowest BCUT2D eigenvalue weighted by atomic mass is 10.00. The summed E-state index contributed by atoms with van der Waals surface area (Å²) in [6.45, 7) is 14.8. The third kappa shape index (κ3) is 6.49. The minimum absolute atomic E-state index is 0.205. The molecule has 2 aromatic heterocycles. The Labute approximate surface area is 177 Å². The molecule has 0 saturated heterocycles. The van der Waals surface area contributed by atoms with Gasteiger partial charge in [0.05, 0.1) is 17.1 Å². The number of aliphatic hydroxyl groups is 1. The van der Waals surface area contributed by atoms with Crippen molar-refractivity contribution in [2.24, 2.45) is 5.92 Å². The molecule has 0 amide bonds. The van der Waals surface area contributed by atoms with Crippen LogP contribution in [0.25, 0.3) is 11.3 Å². The fraction of sp³-hybridized carbons (Fsp3) is 0.625. The van der Waals surface area contributed by atoms with E-state index < -0.39 is 0 Å². The van der Waals surface area contributed by atoms with E-state index in [1.165, 1.54) is 0 Å². The number of aliphatic hydroxyl groups excluding tert-OH is 1. The molecule has 0 spiro atoms. The van der Waals surface area contributed by atoms with Crippen LogP contribution in [-0.4, -0.2) is 40.8 Å². The maximum absolute atomic E-state index is 9.21. The zero-order valence-corrected chi connectivity index (χ0v) is 19.9. The predicted molar refractivity (Wildman–Crippen MR) is 124 cm³/mol. The predicted octanol–water partition coefficient (Wildman–Crippen LogP) is 5.19. The van der Waals surface area contributed by atoms with E-state index in [-0.39, 0.29) is 6.61 Å². The average molecular weight is 401 g/mol. The van der Waals surface area contributed by atoms with Crippen LogP contribution in [0.4, 0.5) is 5.82 Å². The lowest BCUT2D eigenvalue weighted by molar-refractivity contribution is 0.262. The fourth-order valence-corrected chi connectivity index (χ4v) is 3.28. The second kappa shape index (κ2) is 11.9. The van der Waals surface area contributed by atoms with Crippen molar-refractivity contribution in [1.82, 2.24) is 15.0 Å². The first kappa shape index (κ1) is 25.0. The summed E-state index contributed by atoms with van der Waals surface area (Å²) in [5.74, 6) is 1.67. The number of hydrogen-bond acceptors (Lipinski definition) is 5. The molecule has 29 heavy (non-hydrogen) atoms. The summed E-state index contributed by atoms with van der Waals surface area (Å²) in [6.07, 6.45) is 2.45. The van der Waals surface area contributed by atoms with Crippen molar-refractivity contribution in [2.75, 3.05) is 25.6 Å². The zero-order valence-electron chi connectivity index (χ0n) is 19.9. The lowest BCUT2D eigenvalue weighted by Crippen LogP contribution is -2.18. The van der Waals surface area contributed by atoms with E-state index in [2.05, 4.69) is 39.8 Å². The van der Waals surface area contributed by atoms with Crippen molar-refractivity contribution in [2.45, 2.75) is 73.6 Å². The summed E-state index contributed by atoms with van der Waals surface area (Å²) < 4.78 is 0. The molecule has 0 bridgehead atoms. The standard InChI is InChI=1S/C22H34N4O.C2H6/c1-8-18-17(9-10-19(24-18)14(2)3)21-16(5)23-20(13-15(4)11-12-27)22(25-21)26(6)7;1-2/h9-10,14-15,27H,8,11-13H2,1-7H3;1-2H3/t15-;/m1./s1. The summed E-state index contributed by atoms with van der Waals surface area (Å²) >= 11 is 0. The number of aromatic nitrogens is 3. The van der Waals surface area contributed by atoms with Crippen LogP contribution in [0.1, 0.15) is 76.7 Å². The van der Waals surface area contributed by atoms with Gasteiger partial charge in [-0.25, -0.2) is 4.98 Å². The van der Waals surface area contributed by atoms with Gasteiger partial charge in [0.1, 0.15) is 0 Å². The highest BCUT2D eigenvalue weighted by atomic mass is 16.3. The van der Waals surface area contributed by atoms with Crippen LogP contribution in [0.3, 0.4) is 0 Å². The molecule has 0 unspecified atom stereocenters. The number of rotatable bonds is 8. The Balaban J connectivity index is 0.00000204. The van der Waals surface area contributed by atoms with Crippen molar-refractivity contribution in [3.05, 3.63) is 34.9 Å². The van der Waals surface area contributed by atoms with E-state index in [0.717, 1.165) is 59.1 Å². The largest absolute Gasteiger partial charge is 0.396 e. The molecule has 1 N–H and O–H groups in total. The molecular formula is C24H40N4O. The SMILES string of the molecule is CC.CCc1nc(C(C)C)ccc1-c1nc(N(C)C)c(C[C@H](C)CCO)nc1C. The van der Waals surface area contributed by atoms with Gasteiger partial charge in [0.15, 0.2) is 5.82 Å². The Morgan fingerprint density at radius 1 is 1.00 bits per heavy atom. The lowest BCUT2D eigenvalue weighted by Gasteiger charge is -2.21. The summed E-state index contributed by atoms with van der Waals surface area (Å²) in [5.41, 5.74) is 6.10. The van der Waals surface area contributed by atoms with Crippen molar-refractivity contribution in [1.29, 1.82) is 0 Å². The van der Waals surface area contributed by atoms with Gasteiger partial charge in [-0.2, -0.15) is 0 Å². The number of hydrogen-bond donors (Lipinski definition) is 1. The summed E-state index contributed by atoms with van der Waals surface area (Å²) in [6, 6.07) is 4.25. The third-order valence-corrected chi connectivity index (χ3v) is 4.89. The Hall–Kier alpha value is -2.01. The third-order valence-electron chi connectivity index (χ3n) is 4.89. The molecule has 1 atom stereocenters. The minimum atomic E-state index is 0.205. The molecule has 0 aliphatic carbocycles. The van der Waals surface area contributed by atoms with E-state index >= 15 is 0 Å². The van der Waals surface area contributed by atoms with Gasteiger partial charge in [0.2, 0.25) is 0 Å². The zero-order chi connectivity index (χ0) is 22.1. The van der Waals surface area contributed by atoms with E-state index in [1.54, 1.807) is 0 Å². The Morgan fingerprint density at radius 3 is 2.17 bits per heavy atom. The highest BCUT2D eigenvalue weighted by Crippen LogP contribution is 2.29. The number of pyridine rings is 1. The molecule has 2 rings (SSSR count). The molecule has 5 heteroatoms. The summed E-state index contributed by atoms with van der Waals surface area (Å²) in [7, 11) is 4.01. The first-order valence-electron chi connectivity index (χ1n) is 10.9. The minimum Gasteiger partial charge on any atom is -0.396 e. The molecule has 162 valence electrons.